The molecule has 15 heavy (non-hydrogen) atoms. The molecule has 2 atom stereocenters. The molecule has 88 valence electrons. The van der Waals surface area contributed by atoms with E-state index in [4.69, 9.17) is 5.73 Å². The summed E-state index contributed by atoms with van der Waals surface area (Å²) in [6.07, 6.45) is 1.06. The van der Waals surface area contributed by atoms with E-state index in [1.54, 1.807) is 6.92 Å². The smallest absolute Gasteiger partial charge is 0.239 e. The predicted octanol–water partition coefficient (Wildman–Crippen LogP) is 0.275. The highest BCUT2D eigenvalue weighted by atomic mass is 16.2. The number of amides is 1. The minimum Gasteiger partial charge on any atom is -0.335 e. The molecular weight excluding hydrogens is 190 g/mol. The van der Waals surface area contributed by atoms with Crippen LogP contribution in [0.25, 0.3) is 0 Å². The Labute approximate surface area is 92.4 Å². The minimum absolute atomic E-state index is 0.0744. The third kappa shape index (κ3) is 2.92. The van der Waals surface area contributed by atoms with Crippen molar-refractivity contribution >= 4 is 5.91 Å². The summed E-state index contributed by atoms with van der Waals surface area (Å²) in [4.78, 5) is 16.2. The summed E-state index contributed by atoms with van der Waals surface area (Å²) in [7, 11) is 2.09. The fourth-order valence-corrected chi connectivity index (χ4v) is 2.23. The molecule has 0 spiro atoms. The largest absolute Gasteiger partial charge is 0.335 e. The Kier molecular flexibility index (Phi) is 4.11. The van der Waals surface area contributed by atoms with Crippen molar-refractivity contribution in [3.05, 3.63) is 0 Å². The Morgan fingerprint density at radius 2 is 2.07 bits per heavy atom. The van der Waals surface area contributed by atoms with Crippen molar-refractivity contribution in [3.8, 4) is 0 Å². The van der Waals surface area contributed by atoms with Crippen LogP contribution in [0.4, 0.5) is 0 Å². The molecule has 4 nitrogen and oxygen atoms in total. The van der Waals surface area contributed by atoms with Gasteiger partial charge in [0.15, 0.2) is 0 Å². The van der Waals surface area contributed by atoms with Crippen molar-refractivity contribution in [2.75, 3.05) is 20.1 Å². The highest BCUT2D eigenvalue weighted by molar-refractivity contribution is 5.81. The Morgan fingerprint density at radius 3 is 2.40 bits per heavy atom. The molecule has 0 saturated carbocycles. The maximum absolute atomic E-state index is 12.0. The minimum atomic E-state index is -0.390. The van der Waals surface area contributed by atoms with Crippen molar-refractivity contribution < 1.29 is 4.79 Å². The van der Waals surface area contributed by atoms with Crippen molar-refractivity contribution in [1.29, 1.82) is 0 Å². The first-order valence-electron chi connectivity index (χ1n) is 5.69. The molecular formula is C11H23N3O. The lowest BCUT2D eigenvalue weighted by Gasteiger charge is -2.34. The van der Waals surface area contributed by atoms with Gasteiger partial charge in [-0.15, -0.1) is 0 Å². The second kappa shape index (κ2) is 4.94. The van der Waals surface area contributed by atoms with Crippen LogP contribution in [-0.4, -0.2) is 54.0 Å². The molecule has 1 amide bonds. The molecule has 1 rings (SSSR count). The van der Waals surface area contributed by atoms with E-state index >= 15 is 0 Å². The summed E-state index contributed by atoms with van der Waals surface area (Å²) < 4.78 is 0. The summed E-state index contributed by atoms with van der Waals surface area (Å²) in [5.74, 6) is 0.0744. The molecule has 1 saturated heterocycles. The second-order valence-electron chi connectivity index (χ2n) is 4.83. The van der Waals surface area contributed by atoms with E-state index in [2.05, 4.69) is 25.8 Å². The van der Waals surface area contributed by atoms with E-state index < -0.39 is 6.04 Å². The quantitative estimate of drug-likeness (QED) is 0.732. The maximum Gasteiger partial charge on any atom is 0.239 e. The van der Waals surface area contributed by atoms with Crippen molar-refractivity contribution in [1.82, 2.24) is 9.80 Å². The van der Waals surface area contributed by atoms with Gasteiger partial charge >= 0.3 is 0 Å². The third-order valence-corrected chi connectivity index (χ3v) is 2.96. The first-order chi connectivity index (χ1) is 6.93. The summed E-state index contributed by atoms with van der Waals surface area (Å²) in [6, 6.07) is 0.187. The number of hydrogen-bond acceptors (Lipinski definition) is 3. The number of nitrogens with two attached hydrogens (primary N) is 1. The van der Waals surface area contributed by atoms with Crippen LogP contribution in [0.1, 0.15) is 27.2 Å². The normalized spacial score (nSPS) is 24.5. The Balaban J connectivity index is 2.70. The van der Waals surface area contributed by atoms with Crippen LogP contribution in [0.15, 0.2) is 0 Å². The Morgan fingerprint density at radius 1 is 1.47 bits per heavy atom. The highest BCUT2D eigenvalue weighted by Gasteiger charge is 2.31. The molecule has 1 aliphatic rings. The van der Waals surface area contributed by atoms with Crippen LogP contribution < -0.4 is 5.73 Å². The lowest BCUT2D eigenvalue weighted by Crippen LogP contribution is -2.51. The lowest BCUT2D eigenvalue weighted by molar-refractivity contribution is -0.136. The van der Waals surface area contributed by atoms with Crippen LogP contribution in [0, 0.1) is 0 Å². The van der Waals surface area contributed by atoms with Gasteiger partial charge in [0.25, 0.3) is 0 Å². The fraction of sp³-hybridized carbons (Fsp3) is 0.909. The zero-order valence-electron chi connectivity index (χ0n) is 10.2. The Hall–Kier alpha value is -0.610. The van der Waals surface area contributed by atoms with Crippen LogP contribution in [0.3, 0.4) is 0 Å². The zero-order valence-corrected chi connectivity index (χ0v) is 10.2. The molecule has 1 aliphatic heterocycles. The number of nitrogens with zero attached hydrogens (tertiary/aromatic N) is 2. The van der Waals surface area contributed by atoms with Crippen molar-refractivity contribution in [3.63, 3.8) is 0 Å². The number of carbonyl (C=O) groups excluding carboxylic acids is 1. The van der Waals surface area contributed by atoms with Gasteiger partial charge in [-0.3, -0.25) is 4.79 Å². The van der Waals surface area contributed by atoms with E-state index in [0.29, 0.717) is 6.04 Å². The molecule has 1 unspecified atom stereocenters. The van der Waals surface area contributed by atoms with Crippen LogP contribution in [0.5, 0.6) is 0 Å². The van der Waals surface area contributed by atoms with Crippen molar-refractivity contribution in [2.45, 2.75) is 45.3 Å². The molecule has 4 heteroatoms. The van der Waals surface area contributed by atoms with Gasteiger partial charge in [0.05, 0.1) is 6.04 Å². The summed E-state index contributed by atoms with van der Waals surface area (Å²) in [5.41, 5.74) is 5.67. The van der Waals surface area contributed by atoms with Gasteiger partial charge in [0.1, 0.15) is 0 Å². The molecule has 0 aromatic carbocycles. The maximum atomic E-state index is 12.0. The van der Waals surface area contributed by atoms with Gasteiger partial charge in [-0.25, -0.2) is 0 Å². The molecule has 2 N–H and O–H groups in total. The van der Waals surface area contributed by atoms with E-state index in [-0.39, 0.29) is 11.9 Å². The van der Waals surface area contributed by atoms with E-state index in [1.807, 2.05) is 4.90 Å². The van der Waals surface area contributed by atoms with Crippen molar-refractivity contribution in [2.24, 2.45) is 5.73 Å². The molecule has 1 heterocycles. The van der Waals surface area contributed by atoms with E-state index in [1.165, 1.54) is 0 Å². The topological polar surface area (TPSA) is 49.6 Å². The highest BCUT2D eigenvalue weighted by Crippen LogP contribution is 2.17. The monoisotopic (exact) mass is 213 g/mol. The van der Waals surface area contributed by atoms with Crippen LogP contribution in [-0.2, 0) is 4.79 Å². The number of likely N-dealkylation sites (tertiary alicyclic amines) is 1. The standard InChI is InChI=1S/C11H23N3O/c1-8(2)14(11(15)9(3)12)10-5-6-13(4)7-10/h8-10H,5-7,12H2,1-4H3/t9-,10?/m0/s1. The SMILES string of the molecule is CC(C)N(C(=O)[C@H](C)N)C1CCN(C)C1. The van der Waals surface area contributed by atoms with Crippen LogP contribution >= 0.6 is 0 Å². The number of carbonyl (C=O) groups is 1. The van der Waals surface area contributed by atoms with Gasteiger partial charge in [-0.1, -0.05) is 0 Å². The number of rotatable bonds is 3. The van der Waals surface area contributed by atoms with Gasteiger partial charge in [0.2, 0.25) is 5.91 Å². The van der Waals surface area contributed by atoms with Crippen LogP contribution in [0.2, 0.25) is 0 Å². The van der Waals surface area contributed by atoms with E-state index in [0.717, 1.165) is 19.5 Å². The van der Waals surface area contributed by atoms with Gasteiger partial charge in [-0.2, -0.15) is 0 Å². The van der Waals surface area contributed by atoms with Gasteiger partial charge in [0, 0.05) is 18.6 Å². The predicted molar refractivity (Wildman–Crippen MR) is 61.5 cm³/mol. The molecule has 0 aromatic rings. The first kappa shape index (κ1) is 12.5. The molecule has 0 bridgehead atoms. The molecule has 0 aromatic heterocycles. The molecule has 0 radical (unpaired) electrons. The van der Waals surface area contributed by atoms with Gasteiger partial charge < -0.3 is 15.5 Å². The van der Waals surface area contributed by atoms with E-state index in [9.17, 15) is 4.79 Å². The second-order valence-corrected chi connectivity index (χ2v) is 4.83. The number of hydrogen-bond donors (Lipinski definition) is 1. The lowest BCUT2D eigenvalue weighted by atomic mass is 10.1. The summed E-state index contributed by atoms with van der Waals surface area (Å²) in [6.45, 7) is 7.91. The Bertz CT molecular complexity index is 228. The number of likely N-dealkylation sites (N-methyl/N-ethyl adjacent to an activating group) is 1. The summed E-state index contributed by atoms with van der Waals surface area (Å²) >= 11 is 0. The molecule has 1 fully saturated rings. The average Bonchev–Trinajstić information content (AvgIpc) is 2.51. The zero-order chi connectivity index (χ0) is 11.6. The van der Waals surface area contributed by atoms with Gasteiger partial charge in [-0.05, 0) is 40.8 Å². The summed E-state index contributed by atoms with van der Waals surface area (Å²) in [5, 5.41) is 0. The fourth-order valence-electron chi connectivity index (χ4n) is 2.23. The third-order valence-electron chi connectivity index (χ3n) is 2.96. The average molecular weight is 213 g/mol. The molecule has 0 aliphatic carbocycles. The first-order valence-corrected chi connectivity index (χ1v) is 5.69.